The van der Waals surface area contributed by atoms with Crippen LogP contribution >= 0.6 is 23.2 Å². The van der Waals surface area contributed by atoms with E-state index >= 15 is 0 Å². The topological polar surface area (TPSA) is 59.4 Å². The van der Waals surface area contributed by atoms with Crippen LogP contribution in [0.2, 0.25) is 10.0 Å². The average Bonchev–Trinajstić information content (AvgIpc) is 2.55. The molecule has 27 heavy (non-hydrogen) atoms. The van der Waals surface area contributed by atoms with Crippen LogP contribution in [0.5, 0.6) is 5.88 Å². The van der Waals surface area contributed by atoms with Crippen LogP contribution in [0.4, 0.5) is 13.2 Å². The van der Waals surface area contributed by atoms with Gasteiger partial charge in [-0.15, -0.1) is 0 Å². The zero-order valence-corrected chi connectivity index (χ0v) is 15.9. The number of aromatic nitrogens is 1. The van der Waals surface area contributed by atoms with Crippen LogP contribution in [0, 0.1) is 5.92 Å². The van der Waals surface area contributed by atoms with Crippen molar-refractivity contribution in [2.45, 2.75) is 26.4 Å². The lowest BCUT2D eigenvalue weighted by atomic mass is 10.0. The van der Waals surface area contributed by atoms with Gasteiger partial charge in [-0.3, -0.25) is 0 Å². The predicted molar refractivity (Wildman–Crippen MR) is 96.6 cm³/mol. The number of ether oxygens (including phenoxy) is 1. The summed E-state index contributed by atoms with van der Waals surface area (Å²) < 4.78 is 45.8. The molecule has 0 aliphatic rings. The molecule has 0 unspecified atom stereocenters. The molecule has 1 heterocycles. The molecule has 0 saturated heterocycles. The van der Waals surface area contributed by atoms with E-state index in [2.05, 4.69) is 4.98 Å². The lowest BCUT2D eigenvalue weighted by Gasteiger charge is -2.17. The molecule has 1 aromatic carbocycles. The first-order valence-electron chi connectivity index (χ1n) is 7.94. The van der Waals surface area contributed by atoms with Gasteiger partial charge < -0.3 is 9.84 Å². The SMILES string of the molecule is CC(C)CCOc1nc(-c2ccc(Cl)c(Cl)c2)cc(C(F)(F)F)c1C(=O)O. The number of benzene rings is 1. The summed E-state index contributed by atoms with van der Waals surface area (Å²) in [4.78, 5) is 15.5. The van der Waals surface area contributed by atoms with Crippen molar-refractivity contribution < 1.29 is 27.8 Å². The fourth-order valence-electron chi connectivity index (χ4n) is 2.25. The Morgan fingerprint density at radius 1 is 1.22 bits per heavy atom. The van der Waals surface area contributed by atoms with Crippen LogP contribution in [0.15, 0.2) is 24.3 Å². The second-order valence-electron chi connectivity index (χ2n) is 6.20. The van der Waals surface area contributed by atoms with Gasteiger partial charge in [0.05, 0.1) is 27.9 Å². The summed E-state index contributed by atoms with van der Waals surface area (Å²) in [7, 11) is 0. The lowest BCUT2D eigenvalue weighted by molar-refractivity contribution is -0.138. The van der Waals surface area contributed by atoms with Crippen LogP contribution in [0.1, 0.15) is 36.2 Å². The summed E-state index contributed by atoms with van der Waals surface area (Å²) in [6.07, 6.45) is -4.38. The van der Waals surface area contributed by atoms with Crippen molar-refractivity contribution in [2.75, 3.05) is 6.61 Å². The number of aromatic carboxylic acids is 1. The Balaban J connectivity index is 2.64. The number of nitrogens with zero attached hydrogens (tertiary/aromatic N) is 1. The highest BCUT2D eigenvalue weighted by Crippen LogP contribution is 2.39. The van der Waals surface area contributed by atoms with Crippen LogP contribution in [-0.4, -0.2) is 22.7 Å². The maximum Gasteiger partial charge on any atom is 0.417 e. The highest BCUT2D eigenvalue weighted by molar-refractivity contribution is 6.42. The third-order valence-corrected chi connectivity index (χ3v) is 4.39. The van der Waals surface area contributed by atoms with Crippen LogP contribution in [0.3, 0.4) is 0 Å². The lowest BCUT2D eigenvalue weighted by Crippen LogP contribution is -2.17. The molecule has 1 aromatic heterocycles. The number of alkyl halides is 3. The van der Waals surface area contributed by atoms with Crippen LogP contribution in [-0.2, 0) is 6.18 Å². The van der Waals surface area contributed by atoms with Gasteiger partial charge in [0.2, 0.25) is 5.88 Å². The maximum atomic E-state index is 13.5. The molecule has 0 atom stereocenters. The largest absolute Gasteiger partial charge is 0.477 e. The summed E-state index contributed by atoms with van der Waals surface area (Å²) in [5, 5.41) is 9.66. The fourth-order valence-corrected chi connectivity index (χ4v) is 2.55. The van der Waals surface area contributed by atoms with E-state index in [4.69, 9.17) is 27.9 Å². The Morgan fingerprint density at radius 2 is 1.89 bits per heavy atom. The zero-order valence-electron chi connectivity index (χ0n) is 14.4. The summed E-state index contributed by atoms with van der Waals surface area (Å²) in [5.41, 5.74) is -2.23. The second-order valence-corrected chi connectivity index (χ2v) is 7.01. The van der Waals surface area contributed by atoms with E-state index in [-0.39, 0.29) is 33.8 Å². The van der Waals surface area contributed by atoms with Gasteiger partial charge >= 0.3 is 12.1 Å². The Kier molecular flexibility index (Phi) is 6.59. The van der Waals surface area contributed by atoms with Gasteiger partial charge in [-0.05, 0) is 30.5 Å². The van der Waals surface area contributed by atoms with Crippen molar-refractivity contribution in [3.05, 3.63) is 45.4 Å². The number of pyridine rings is 1. The number of carboxylic acid groups (broad SMARTS) is 1. The van der Waals surface area contributed by atoms with E-state index in [1.54, 1.807) is 0 Å². The molecule has 0 fully saturated rings. The van der Waals surface area contributed by atoms with E-state index in [1.165, 1.54) is 18.2 Å². The molecule has 9 heteroatoms. The minimum absolute atomic E-state index is 0.0348. The molecule has 1 N–H and O–H groups in total. The maximum absolute atomic E-state index is 13.5. The number of hydrogen-bond acceptors (Lipinski definition) is 3. The minimum Gasteiger partial charge on any atom is -0.477 e. The number of carboxylic acids is 1. The second kappa shape index (κ2) is 8.35. The van der Waals surface area contributed by atoms with Crippen molar-refractivity contribution in [1.82, 2.24) is 4.98 Å². The highest BCUT2D eigenvalue weighted by atomic mass is 35.5. The summed E-state index contributed by atoms with van der Waals surface area (Å²) in [6, 6.07) is 4.87. The van der Waals surface area contributed by atoms with Crippen molar-refractivity contribution in [3.63, 3.8) is 0 Å². The molecule has 0 aliphatic heterocycles. The Bertz CT molecular complexity index is 854. The van der Waals surface area contributed by atoms with Crippen molar-refractivity contribution in [3.8, 4) is 17.1 Å². The fraction of sp³-hybridized carbons (Fsp3) is 0.333. The molecule has 2 rings (SSSR count). The Labute approximate surface area is 163 Å². The molecule has 0 aliphatic carbocycles. The number of rotatable bonds is 6. The van der Waals surface area contributed by atoms with Gasteiger partial charge in [0, 0.05) is 5.56 Å². The molecule has 146 valence electrons. The summed E-state index contributed by atoms with van der Waals surface area (Å²) in [5.74, 6) is -2.13. The van der Waals surface area contributed by atoms with Gasteiger partial charge in [-0.25, -0.2) is 9.78 Å². The van der Waals surface area contributed by atoms with Crippen molar-refractivity contribution in [2.24, 2.45) is 5.92 Å². The summed E-state index contributed by atoms with van der Waals surface area (Å²) in [6.45, 7) is 3.84. The smallest absolute Gasteiger partial charge is 0.417 e. The van der Waals surface area contributed by atoms with Crippen molar-refractivity contribution in [1.29, 1.82) is 0 Å². The quantitative estimate of drug-likeness (QED) is 0.603. The third-order valence-electron chi connectivity index (χ3n) is 3.65. The van der Waals surface area contributed by atoms with E-state index < -0.39 is 29.2 Å². The van der Waals surface area contributed by atoms with Crippen LogP contribution < -0.4 is 4.74 Å². The van der Waals surface area contributed by atoms with Crippen LogP contribution in [0.25, 0.3) is 11.3 Å². The number of carbonyl (C=O) groups is 1. The van der Waals surface area contributed by atoms with E-state index in [0.29, 0.717) is 12.5 Å². The molecule has 0 bridgehead atoms. The molecule has 0 saturated carbocycles. The molecular weight excluding hydrogens is 406 g/mol. The van der Waals surface area contributed by atoms with E-state index in [1.807, 2.05) is 13.8 Å². The molecule has 0 amide bonds. The zero-order chi connectivity index (χ0) is 20.4. The number of halogens is 5. The first kappa shape index (κ1) is 21.3. The van der Waals surface area contributed by atoms with E-state index in [0.717, 1.165) is 0 Å². The van der Waals surface area contributed by atoms with Gasteiger partial charge in [-0.2, -0.15) is 13.2 Å². The van der Waals surface area contributed by atoms with Gasteiger partial charge in [-0.1, -0.05) is 43.1 Å². The predicted octanol–water partition coefficient (Wildman–Crippen LogP) is 6.20. The summed E-state index contributed by atoms with van der Waals surface area (Å²) >= 11 is 11.8. The molecule has 0 radical (unpaired) electrons. The normalized spacial score (nSPS) is 11.7. The highest BCUT2D eigenvalue weighted by Gasteiger charge is 2.38. The third kappa shape index (κ3) is 5.26. The molecular formula is C18H16Cl2F3NO3. The minimum atomic E-state index is -4.90. The number of hydrogen-bond donors (Lipinski definition) is 1. The van der Waals surface area contributed by atoms with Gasteiger partial charge in [0.25, 0.3) is 0 Å². The van der Waals surface area contributed by atoms with E-state index in [9.17, 15) is 23.1 Å². The first-order chi connectivity index (χ1) is 12.5. The Hall–Kier alpha value is -1.99. The first-order valence-corrected chi connectivity index (χ1v) is 8.70. The average molecular weight is 422 g/mol. The molecule has 4 nitrogen and oxygen atoms in total. The Morgan fingerprint density at radius 3 is 2.41 bits per heavy atom. The standard InChI is InChI=1S/C18H16Cl2F3NO3/c1-9(2)5-6-27-16-15(17(25)26)11(18(21,22)23)8-14(24-16)10-3-4-12(19)13(20)7-10/h3-4,7-9H,5-6H2,1-2H3,(H,25,26). The monoisotopic (exact) mass is 421 g/mol. The van der Waals surface area contributed by atoms with Crippen molar-refractivity contribution >= 4 is 29.2 Å². The van der Waals surface area contributed by atoms with Gasteiger partial charge in [0.15, 0.2) is 0 Å². The molecule has 2 aromatic rings. The van der Waals surface area contributed by atoms with Gasteiger partial charge in [0.1, 0.15) is 5.56 Å². The molecule has 0 spiro atoms.